The molecular formula is C17H14N2O3. The van der Waals surface area contributed by atoms with Gasteiger partial charge in [-0.2, -0.15) is 0 Å². The number of oxazole rings is 1. The Bertz CT molecular complexity index is 810. The molecule has 0 atom stereocenters. The summed E-state index contributed by atoms with van der Waals surface area (Å²) in [6.07, 6.45) is 0. The Morgan fingerprint density at radius 3 is 2.45 bits per heavy atom. The fourth-order valence-electron chi connectivity index (χ4n) is 2.27. The van der Waals surface area contributed by atoms with Crippen molar-refractivity contribution in [2.24, 2.45) is 5.73 Å². The molecule has 0 saturated carbocycles. The van der Waals surface area contributed by atoms with Gasteiger partial charge in [0.25, 0.3) is 0 Å². The van der Waals surface area contributed by atoms with Crippen molar-refractivity contribution in [3.8, 4) is 22.8 Å². The zero-order valence-corrected chi connectivity index (χ0v) is 11.7. The van der Waals surface area contributed by atoms with Gasteiger partial charge >= 0.3 is 5.97 Å². The lowest BCUT2D eigenvalue weighted by molar-refractivity contribution is 0.0691. The van der Waals surface area contributed by atoms with Crippen molar-refractivity contribution in [1.82, 2.24) is 4.98 Å². The van der Waals surface area contributed by atoms with Gasteiger partial charge in [-0.1, -0.05) is 42.5 Å². The average Bonchev–Trinajstić information content (AvgIpc) is 3.01. The van der Waals surface area contributed by atoms with Crippen molar-refractivity contribution < 1.29 is 14.3 Å². The summed E-state index contributed by atoms with van der Waals surface area (Å²) >= 11 is 0. The lowest BCUT2D eigenvalue weighted by Crippen LogP contribution is -2.02. The summed E-state index contributed by atoms with van der Waals surface area (Å²) in [5, 5.41) is 9.40. The SMILES string of the molecule is NCc1ccccc1-c1oc(-c2ccccc2)nc1C(=O)O. The number of hydrogen-bond donors (Lipinski definition) is 2. The summed E-state index contributed by atoms with van der Waals surface area (Å²) in [4.78, 5) is 15.6. The molecule has 0 bridgehead atoms. The Hall–Kier alpha value is -2.92. The van der Waals surface area contributed by atoms with E-state index in [1.165, 1.54) is 0 Å². The van der Waals surface area contributed by atoms with Crippen LogP contribution in [0.4, 0.5) is 0 Å². The highest BCUT2D eigenvalue weighted by Gasteiger charge is 2.22. The molecule has 5 heteroatoms. The van der Waals surface area contributed by atoms with Gasteiger partial charge in [-0.3, -0.25) is 0 Å². The maximum Gasteiger partial charge on any atom is 0.358 e. The van der Waals surface area contributed by atoms with Crippen molar-refractivity contribution in [3.63, 3.8) is 0 Å². The van der Waals surface area contributed by atoms with Crippen LogP contribution in [0.15, 0.2) is 59.0 Å². The summed E-state index contributed by atoms with van der Waals surface area (Å²) < 4.78 is 5.74. The number of aromatic carboxylic acids is 1. The minimum absolute atomic E-state index is 0.111. The Kier molecular flexibility index (Phi) is 3.72. The van der Waals surface area contributed by atoms with E-state index in [2.05, 4.69) is 4.98 Å². The molecule has 0 aliphatic heterocycles. The van der Waals surface area contributed by atoms with Gasteiger partial charge in [0.2, 0.25) is 5.89 Å². The van der Waals surface area contributed by atoms with E-state index >= 15 is 0 Å². The second-order valence-electron chi connectivity index (χ2n) is 4.73. The van der Waals surface area contributed by atoms with Crippen LogP contribution in [0.3, 0.4) is 0 Å². The highest BCUT2D eigenvalue weighted by atomic mass is 16.4. The minimum atomic E-state index is -1.13. The number of nitrogens with two attached hydrogens (primary N) is 1. The molecule has 3 N–H and O–H groups in total. The summed E-state index contributed by atoms with van der Waals surface area (Å²) in [6, 6.07) is 16.5. The van der Waals surface area contributed by atoms with E-state index in [1.54, 1.807) is 6.07 Å². The highest BCUT2D eigenvalue weighted by molar-refractivity contribution is 5.93. The van der Waals surface area contributed by atoms with Crippen molar-refractivity contribution >= 4 is 5.97 Å². The Morgan fingerprint density at radius 1 is 1.09 bits per heavy atom. The molecule has 5 nitrogen and oxygen atoms in total. The lowest BCUT2D eigenvalue weighted by atomic mass is 10.0. The smallest absolute Gasteiger partial charge is 0.358 e. The number of carboxylic acid groups (broad SMARTS) is 1. The summed E-state index contributed by atoms with van der Waals surface area (Å²) in [5.74, 6) is -0.625. The standard InChI is InChI=1S/C17H14N2O3/c18-10-12-8-4-5-9-13(12)15-14(17(20)21)19-16(22-15)11-6-2-1-3-7-11/h1-9H,10,18H2,(H,20,21). The summed E-state index contributed by atoms with van der Waals surface area (Å²) in [7, 11) is 0. The van der Waals surface area contributed by atoms with Gasteiger partial charge in [0.1, 0.15) is 0 Å². The fourth-order valence-corrected chi connectivity index (χ4v) is 2.27. The third-order valence-electron chi connectivity index (χ3n) is 3.33. The number of benzene rings is 2. The Balaban J connectivity index is 2.19. The first kappa shape index (κ1) is 14.0. The molecule has 0 aliphatic carbocycles. The van der Waals surface area contributed by atoms with Crippen molar-refractivity contribution in [2.45, 2.75) is 6.54 Å². The molecule has 1 aromatic heterocycles. The fraction of sp³-hybridized carbons (Fsp3) is 0.0588. The topological polar surface area (TPSA) is 89.4 Å². The molecule has 22 heavy (non-hydrogen) atoms. The monoisotopic (exact) mass is 294 g/mol. The van der Waals surface area contributed by atoms with Gasteiger partial charge in [0, 0.05) is 17.7 Å². The third kappa shape index (κ3) is 2.49. The Labute approximate surface area is 127 Å². The molecular weight excluding hydrogens is 280 g/mol. The van der Waals surface area contributed by atoms with E-state index in [0.29, 0.717) is 5.56 Å². The quantitative estimate of drug-likeness (QED) is 0.771. The largest absolute Gasteiger partial charge is 0.476 e. The first-order valence-electron chi connectivity index (χ1n) is 6.78. The van der Waals surface area contributed by atoms with Gasteiger partial charge < -0.3 is 15.3 Å². The van der Waals surface area contributed by atoms with Gasteiger partial charge in [-0.25, -0.2) is 9.78 Å². The second kappa shape index (κ2) is 5.83. The van der Waals surface area contributed by atoms with E-state index in [-0.39, 0.29) is 23.9 Å². The van der Waals surface area contributed by atoms with Crippen molar-refractivity contribution in [3.05, 3.63) is 65.9 Å². The van der Waals surface area contributed by atoms with Crippen LogP contribution in [-0.4, -0.2) is 16.1 Å². The number of hydrogen-bond acceptors (Lipinski definition) is 4. The minimum Gasteiger partial charge on any atom is -0.476 e. The van der Waals surface area contributed by atoms with E-state index in [9.17, 15) is 9.90 Å². The molecule has 0 aliphatic rings. The molecule has 2 aromatic carbocycles. The van der Waals surface area contributed by atoms with Gasteiger partial charge in [0.15, 0.2) is 11.5 Å². The van der Waals surface area contributed by atoms with Crippen LogP contribution in [0.25, 0.3) is 22.8 Å². The molecule has 0 saturated heterocycles. The molecule has 3 aromatic rings. The first-order chi connectivity index (χ1) is 10.7. The normalized spacial score (nSPS) is 10.6. The van der Waals surface area contributed by atoms with Crippen molar-refractivity contribution in [2.75, 3.05) is 0 Å². The molecule has 0 fully saturated rings. The maximum atomic E-state index is 11.5. The zero-order chi connectivity index (χ0) is 15.5. The van der Waals surface area contributed by atoms with Gasteiger partial charge in [0.05, 0.1) is 0 Å². The second-order valence-corrected chi connectivity index (χ2v) is 4.73. The van der Waals surface area contributed by atoms with Crippen LogP contribution in [0.1, 0.15) is 16.1 Å². The third-order valence-corrected chi connectivity index (χ3v) is 3.33. The molecule has 110 valence electrons. The Morgan fingerprint density at radius 2 is 1.77 bits per heavy atom. The number of carboxylic acids is 1. The maximum absolute atomic E-state index is 11.5. The van der Waals surface area contributed by atoms with E-state index < -0.39 is 5.97 Å². The average molecular weight is 294 g/mol. The predicted molar refractivity (Wildman–Crippen MR) is 82.2 cm³/mol. The van der Waals surface area contributed by atoms with Crippen molar-refractivity contribution in [1.29, 1.82) is 0 Å². The number of nitrogens with zero attached hydrogens (tertiary/aromatic N) is 1. The summed E-state index contributed by atoms with van der Waals surface area (Å²) in [5.41, 5.74) is 7.79. The molecule has 0 unspecified atom stereocenters. The van der Waals surface area contributed by atoms with Gasteiger partial charge in [-0.05, 0) is 17.7 Å². The number of rotatable bonds is 4. The zero-order valence-electron chi connectivity index (χ0n) is 11.7. The molecule has 0 radical (unpaired) electrons. The van der Waals surface area contributed by atoms with Crippen LogP contribution in [0.2, 0.25) is 0 Å². The highest BCUT2D eigenvalue weighted by Crippen LogP contribution is 2.31. The first-order valence-corrected chi connectivity index (χ1v) is 6.78. The van der Waals surface area contributed by atoms with Crippen LogP contribution >= 0.6 is 0 Å². The molecule has 1 heterocycles. The molecule has 3 rings (SSSR count). The molecule has 0 spiro atoms. The number of carbonyl (C=O) groups is 1. The van der Waals surface area contributed by atoms with E-state index in [1.807, 2.05) is 48.5 Å². The van der Waals surface area contributed by atoms with Crippen LogP contribution in [0, 0.1) is 0 Å². The van der Waals surface area contributed by atoms with Crippen LogP contribution < -0.4 is 5.73 Å². The van der Waals surface area contributed by atoms with E-state index in [4.69, 9.17) is 10.2 Å². The lowest BCUT2D eigenvalue weighted by Gasteiger charge is -2.04. The van der Waals surface area contributed by atoms with Gasteiger partial charge in [-0.15, -0.1) is 0 Å². The predicted octanol–water partition coefficient (Wildman–Crippen LogP) is 3.17. The summed E-state index contributed by atoms with van der Waals surface area (Å²) in [6.45, 7) is 0.288. The molecule has 0 amide bonds. The number of aromatic nitrogens is 1. The van der Waals surface area contributed by atoms with E-state index in [0.717, 1.165) is 11.1 Å². The van der Waals surface area contributed by atoms with Crippen LogP contribution in [-0.2, 0) is 6.54 Å². The van der Waals surface area contributed by atoms with Crippen LogP contribution in [0.5, 0.6) is 0 Å².